The lowest BCUT2D eigenvalue weighted by Crippen LogP contribution is -2.09. The van der Waals surface area contributed by atoms with Crippen LogP contribution in [0.2, 0.25) is 0 Å². The Morgan fingerprint density at radius 1 is 1.57 bits per heavy atom. The molecule has 1 aliphatic rings. The van der Waals surface area contributed by atoms with Crippen LogP contribution in [0.15, 0.2) is 0 Å². The third-order valence-electron chi connectivity index (χ3n) is 3.00. The molecular formula is C10H16N2OS. The number of aliphatic hydroxyl groups is 1. The first-order valence-corrected chi connectivity index (χ1v) is 6.03. The Morgan fingerprint density at radius 3 is 2.93 bits per heavy atom. The maximum absolute atomic E-state index is 10.3. The molecule has 1 saturated carbocycles. The average Bonchev–Trinajstić information content (AvgIpc) is 2.61. The van der Waals surface area contributed by atoms with Crippen LogP contribution in [0.4, 0.5) is 0 Å². The molecule has 14 heavy (non-hydrogen) atoms. The summed E-state index contributed by atoms with van der Waals surface area (Å²) < 4.78 is 3.95. The fourth-order valence-electron chi connectivity index (χ4n) is 2.01. The summed E-state index contributed by atoms with van der Waals surface area (Å²) in [6.45, 7) is 4.24. The number of aryl methyl sites for hydroxylation is 1. The number of hydrogen-bond acceptors (Lipinski definition) is 4. The molecule has 0 radical (unpaired) electrons. The highest BCUT2D eigenvalue weighted by atomic mass is 32.1. The summed E-state index contributed by atoms with van der Waals surface area (Å²) in [4.78, 5) is 1.02. The van der Waals surface area contributed by atoms with Crippen molar-refractivity contribution in [3.8, 4) is 0 Å². The van der Waals surface area contributed by atoms with Crippen LogP contribution in [0.3, 0.4) is 0 Å². The molecule has 1 aliphatic carbocycles. The Hall–Kier alpha value is -0.480. The molecule has 1 heterocycles. The molecule has 0 aromatic carbocycles. The van der Waals surface area contributed by atoms with Crippen molar-refractivity contribution in [2.24, 2.45) is 5.92 Å². The number of hydrogen-bond donors (Lipinski definition) is 1. The van der Waals surface area contributed by atoms with Gasteiger partial charge in [0.2, 0.25) is 0 Å². The zero-order valence-corrected chi connectivity index (χ0v) is 9.47. The predicted molar refractivity (Wildman–Crippen MR) is 56.2 cm³/mol. The lowest BCUT2D eigenvalue weighted by molar-refractivity contribution is 0.133. The largest absolute Gasteiger partial charge is 0.384 e. The van der Waals surface area contributed by atoms with E-state index in [1.54, 1.807) is 0 Å². The maximum atomic E-state index is 10.3. The van der Waals surface area contributed by atoms with Crippen molar-refractivity contribution in [3.05, 3.63) is 10.6 Å². The van der Waals surface area contributed by atoms with Crippen LogP contribution >= 0.6 is 11.5 Å². The van der Waals surface area contributed by atoms with E-state index in [-0.39, 0.29) is 0 Å². The van der Waals surface area contributed by atoms with Crippen LogP contribution < -0.4 is 0 Å². The fourth-order valence-corrected chi connectivity index (χ4v) is 2.89. The van der Waals surface area contributed by atoms with Crippen LogP contribution in [0, 0.1) is 5.92 Å². The van der Waals surface area contributed by atoms with Crippen LogP contribution in [-0.4, -0.2) is 14.7 Å². The molecule has 2 rings (SSSR count). The summed E-state index contributed by atoms with van der Waals surface area (Å²) >= 11 is 1.37. The summed E-state index contributed by atoms with van der Waals surface area (Å²) in [6.07, 6.45) is 3.93. The molecule has 4 heteroatoms. The molecule has 0 spiro atoms. The van der Waals surface area contributed by atoms with E-state index in [0.717, 1.165) is 36.3 Å². The number of rotatable bonds is 4. The van der Waals surface area contributed by atoms with Crippen molar-refractivity contribution in [2.75, 3.05) is 0 Å². The van der Waals surface area contributed by atoms with Gasteiger partial charge in [0.25, 0.3) is 0 Å². The quantitative estimate of drug-likeness (QED) is 0.831. The van der Waals surface area contributed by atoms with E-state index < -0.39 is 5.60 Å². The second-order valence-electron chi connectivity index (χ2n) is 4.03. The molecule has 0 saturated heterocycles. The van der Waals surface area contributed by atoms with Gasteiger partial charge in [-0.05, 0) is 30.3 Å². The first-order chi connectivity index (χ1) is 6.72. The molecule has 0 amide bonds. The Morgan fingerprint density at radius 2 is 2.36 bits per heavy atom. The zero-order valence-electron chi connectivity index (χ0n) is 8.66. The van der Waals surface area contributed by atoms with Gasteiger partial charge in [0.1, 0.15) is 5.60 Å². The number of nitrogens with zero attached hydrogens (tertiary/aromatic N) is 2. The fraction of sp³-hybridized carbons (Fsp3) is 0.800. The van der Waals surface area contributed by atoms with Gasteiger partial charge in [-0.3, -0.25) is 0 Å². The topological polar surface area (TPSA) is 46.0 Å². The third kappa shape index (κ3) is 1.46. The molecular weight excluding hydrogens is 196 g/mol. The van der Waals surface area contributed by atoms with Crippen molar-refractivity contribution in [1.29, 1.82) is 0 Å². The second kappa shape index (κ2) is 3.59. The van der Waals surface area contributed by atoms with Gasteiger partial charge in [-0.15, -0.1) is 5.10 Å². The number of aromatic nitrogens is 2. The van der Waals surface area contributed by atoms with Gasteiger partial charge in [0.05, 0.1) is 10.6 Å². The molecule has 3 nitrogen and oxygen atoms in total. The van der Waals surface area contributed by atoms with Crippen molar-refractivity contribution in [3.63, 3.8) is 0 Å². The van der Waals surface area contributed by atoms with E-state index >= 15 is 0 Å². The average molecular weight is 212 g/mol. The molecule has 1 aromatic rings. The van der Waals surface area contributed by atoms with E-state index in [1.807, 2.05) is 0 Å². The standard InChI is InChI=1S/C10H16N2OS/c1-3-5-8-9(14-12-11-8)10(13)6-7(10)4-2/h7,13H,3-6H2,1-2H3. The molecule has 2 atom stereocenters. The normalized spacial score (nSPS) is 30.6. The lowest BCUT2D eigenvalue weighted by atomic mass is 10.1. The van der Waals surface area contributed by atoms with Crippen LogP contribution in [-0.2, 0) is 12.0 Å². The first kappa shape index (κ1) is 10.1. The Kier molecular flexibility index (Phi) is 2.58. The van der Waals surface area contributed by atoms with Gasteiger partial charge < -0.3 is 5.11 Å². The van der Waals surface area contributed by atoms with E-state index in [2.05, 4.69) is 23.4 Å². The highest BCUT2D eigenvalue weighted by Crippen LogP contribution is 2.55. The van der Waals surface area contributed by atoms with E-state index in [1.165, 1.54) is 11.5 Å². The van der Waals surface area contributed by atoms with Crippen molar-refractivity contribution in [2.45, 2.75) is 45.1 Å². The van der Waals surface area contributed by atoms with Crippen molar-refractivity contribution in [1.82, 2.24) is 9.59 Å². The van der Waals surface area contributed by atoms with Crippen molar-refractivity contribution >= 4 is 11.5 Å². The minimum absolute atomic E-state index is 0.431. The third-order valence-corrected chi connectivity index (χ3v) is 3.94. The van der Waals surface area contributed by atoms with Gasteiger partial charge >= 0.3 is 0 Å². The van der Waals surface area contributed by atoms with Crippen molar-refractivity contribution < 1.29 is 5.11 Å². The predicted octanol–water partition coefficient (Wildman–Crippen LogP) is 2.11. The molecule has 0 aliphatic heterocycles. The minimum atomic E-state index is -0.576. The van der Waals surface area contributed by atoms with Gasteiger partial charge in [-0.1, -0.05) is 31.2 Å². The minimum Gasteiger partial charge on any atom is -0.384 e. The molecule has 1 fully saturated rings. The van der Waals surface area contributed by atoms with Gasteiger partial charge in [0.15, 0.2) is 0 Å². The summed E-state index contributed by atoms with van der Waals surface area (Å²) in [7, 11) is 0. The first-order valence-electron chi connectivity index (χ1n) is 5.26. The van der Waals surface area contributed by atoms with Crippen LogP contribution in [0.1, 0.15) is 43.7 Å². The highest BCUT2D eigenvalue weighted by molar-refractivity contribution is 7.05. The second-order valence-corrected chi connectivity index (χ2v) is 4.79. The summed E-state index contributed by atoms with van der Waals surface area (Å²) in [5.74, 6) is 0.431. The van der Waals surface area contributed by atoms with Gasteiger partial charge in [-0.2, -0.15) is 0 Å². The summed E-state index contributed by atoms with van der Waals surface area (Å²) in [6, 6.07) is 0. The maximum Gasteiger partial charge on any atom is 0.106 e. The summed E-state index contributed by atoms with van der Waals surface area (Å²) in [5.41, 5.74) is 0.434. The van der Waals surface area contributed by atoms with E-state index in [0.29, 0.717) is 5.92 Å². The molecule has 1 N–H and O–H groups in total. The van der Waals surface area contributed by atoms with Crippen LogP contribution in [0.5, 0.6) is 0 Å². The molecule has 1 aromatic heterocycles. The Labute approximate surface area is 88.3 Å². The highest BCUT2D eigenvalue weighted by Gasteiger charge is 2.55. The monoisotopic (exact) mass is 212 g/mol. The Bertz CT molecular complexity index is 326. The van der Waals surface area contributed by atoms with E-state index in [9.17, 15) is 5.11 Å². The molecule has 78 valence electrons. The van der Waals surface area contributed by atoms with Crippen LogP contribution in [0.25, 0.3) is 0 Å². The summed E-state index contributed by atoms with van der Waals surface area (Å²) in [5, 5.41) is 14.4. The lowest BCUT2D eigenvalue weighted by Gasteiger charge is -2.07. The van der Waals surface area contributed by atoms with Gasteiger partial charge in [-0.25, -0.2) is 0 Å². The Balaban J connectivity index is 2.20. The molecule has 2 unspecified atom stereocenters. The SMILES string of the molecule is CCCc1nnsc1C1(O)CC1CC. The smallest absolute Gasteiger partial charge is 0.106 e. The zero-order chi connectivity index (χ0) is 10.2. The molecule has 0 bridgehead atoms. The van der Waals surface area contributed by atoms with Gasteiger partial charge in [0, 0.05) is 0 Å². The van der Waals surface area contributed by atoms with E-state index in [4.69, 9.17) is 0 Å².